The Morgan fingerprint density at radius 3 is 2.39 bits per heavy atom. The van der Waals surface area contributed by atoms with Crippen molar-refractivity contribution in [3.63, 3.8) is 0 Å². The molecule has 1 unspecified atom stereocenters. The average molecular weight is 334 g/mol. The third kappa shape index (κ3) is 4.22. The van der Waals surface area contributed by atoms with Crippen LogP contribution >= 0.6 is 0 Å². The van der Waals surface area contributed by atoms with E-state index >= 15 is 0 Å². The van der Waals surface area contributed by atoms with Crippen molar-refractivity contribution in [2.24, 2.45) is 5.92 Å². The summed E-state index contributed by atoms with van der Waals surface area (Å²) in [6, 6.07) is 0. The minimum atomic E-state index is -1.13. The van der Waals surface area contributed by atoms with Crippen molar-refractivity contribution in [1.82, 2.24) is 0 Å². The van der Waals surface area contributed by atoms with E-state index in [1.807, 2.05) is 13.8 Å². The number of hydrogen-bond donors (Lipinski definition) is 4. The number of aliphatic hydroxyl groups is 4. The zero-order valence-corrected chi connectivity index (χ0v) is 14.1. The van der Waals surface area contributed by atoms with Crippen LogP contribution in [-0.2, 0) is 14.2 Å². The molecule has 136 valence electrons. The number of ether oxygens (including phenoxy) is 3. The number of aliphatic hydroxyl groups excluding tert-OH is 4. The Balaban J connectivity index is 2.03. The average Bonchev–Trinajstić information content (AvgIpc) is 2.53. The highest BCUT2D eigenvalue weighted by atomic mass is 16.7. The number of rotatable bonds is 5. The molecule has 0 aromatic rings. The van der Waals surface area contributed by atoms with Crippen LogP contribution in [0.25, 0.3) is 0 Å². The predicted molar refractivity (Wildman–Crippen MR) is 81.7 cm³/mol. The molecular formula is C16H30O7. The lowest BCUT2D eigenvalue weighted by Crippen LogP contribution is -2.56. The highest BCUT2D eigenvalue weighted by molar-refractivity contribution is 4.92. The molecule has 7 nitrogen and oxygen atoms in total. The molecule has 2 heterocycles. The molecule has 0 radical (unpaired) electrons. The van der Waals surface area contributed by atoms with E-state index in [0.29, 0.717) is 0 Å². The molecule has 0 spiro atoms. The zero-order valence-electron chi connectivity index (χ0n) is 14.1. The lowest BCUT2D eigenvalue weighted by Gasteiger charge is -2.47. The van der Waals surface area contributed by atoms with Crippen molar-refractivity contribution >= 4 is 0 Å². The molecule has 2 rings (SSSR count). The fourth-order valence-corrected chi connectivity index (χ4v) is 3.56. The van der Waals surface area contributed by atoms with Crippen LogP contribution in [0, 0.1) is 5.92 Å². The van der Waals surface area contributed by atoms with Gasteiger partial charge in [-0.3, -0.25) is 0 Å². The van der Waals surface area contributed by atoms with E-state index in [0.717, 1.165) is 12.8 Å². The smallest absolute Gasteiger partial charge is 0.161 e. The lowest BCUT2D eigenvalue weighted by atomic mass is 9.82. The SMILES string of the molecule is CCC1(C)C[C@@H](C)[C@H](O[C@@H]2C[C@@H](O)[C@H](O)[C@@H](CO)O2)[C@@H](CO)O1. The van der Waals surface area contributed by atoms with Gasteiger partial charge in [0.05, 0.1) is 31.0 Å². The molecule has 2 fully saturated rings. The van der Waals surface area contributed by atoms with E-state index in [1.54, 1.807) is 0 Å². The van der Waals surface area contributed by atoms with Gasteiger partial charge in [-0.2, -0.15) is 0 Å². The standard InChI is InChI=1S/C16H30O7/c1-4-16(3)6-9(2)15(12(8-18)23-16)22-13-5-10(19)14(20)11(7-17)21-13/h9-15,17-20H,4-8H2,1-3H3/t9-,10-,11-,12-,13-,14+,15+,16?/m1/s1. The van der Waals surface area contributed by atoms with Gasteiger partial charge < -0.3 is 34.6 Å². The van der Waals surface area contributed by atoms with Crippen LogP contribution in [0.3, 0.4) is 0 Å². The summed E-state index contributed by atoms with van der Waals surface area (Å²) < 4.78 is 17.5. The largest absolute Gasteiger partial charge is 0.394 e. The lowest BCUT2D eigenvalue weighted by molar-refractivity contribution is -0.304. The third-order valence-electron chi connectivity index (χ3n) is 5.07. The van der Waals surface area contributed by atoms with E-state index < -0.39 is 37.3 Å². The molecule has 7 heteroatoms. The molecule has 23 heavy (non-hydrogen) atoms. The highest BCUT2D eigenvalue weighted by Gasteiger charge is 2.45. The van der Waals surface area contributed by atoms with Crippen LogP contribution in [0.1, 0.15) is 40.0 Å². The highest BCUT2D eigenvalue weighted by Crippen LogP contribution is 2.37. The van der Waals surface area contributed by atoms with E-state index in [-0.39, 0.29) is 30.7 Å². The second-order valence-electron chi connectivity index (χ2n) is 7.00. The number of hydrogen-bond acceptors (Lipinski definition) is 7. The normalized spacial score (nSPS) is 48.4. The molecule has 8 atom stereocenters. The van der Waals surface area contributed by atoms with Crippen LogP contribution < -0.4 is 0 Å². The Hall–Kier alpha value is -0.280. The van der Waals surface area contributed by atoms with E-state index in [1.165, 1.54) is 0 Å². The van der Waals surface area contributed by atoms with Gasteiger partial charge in [-0.15, -0.1) is 0 Å². The molecule has 0 aliphatic carbocycles. The van der Waals surface area contributed by atoms with E-state index in [9.17, 15) is 20.4 Å². The van der Waals surface area contributed by atoms with Crippen molar-refractivity contribution in [2.45, 2.75) is 82.4 Å². The first-order valence-corrected chi connectivity index (χ1v) is 8.40. The maximum Gasteiger partial charge on any atom is 0.161 e. The maximum absolute atomic E-state index is 9.89. The zero-order chi connectivity index (χ0) is 17.2. The summed E-state index contributed by atoms with van der Waals surface area (Å²) in [5, 5.41) is 38.5. The summed E-state index contributed by atoms with van der Waals surface area (Å²) in [5.41, 5.74) is -0.288. The van der Waals surface area contributed by atoms with Crippen LogP contribution in [0.2, 0.25) is 0 Å². The minimum absolute atomic E-state index is 0.115. The molecule has 0 saturated carbocycles. The van der Waals surface area contributed by atoms with Crippen molar-refractivity contribution in [3.8, 4) is 0 Å². The Labute approximate surface area is 137 Å². The third-order valence-corrected chi connectivity index (χ3v) is 5.07. The summed E-state index contributed by atoms with van der Waals surface area (Å²) >= 11 is 0. The molecule has 0 aromatic heterocycles. The predicted octanol–water partition coefficient (Wildman–Crippen LogP) is -0.213. The fourth-order valence-electron chi connectivity index (χ4n) is 3.56. The second kappa shape index (κ2) is 7.74. The fraction of sp³-hybridized carbons (Fsp3) is 1.00. The van der Waals surface area contributed by atoms with Crippen molar-refractivity contribution in [1.29, 1.82) is 0 Å². The summed E-state index contributed by atoms with van der Waals surface area (Å²) in [6.07, 6.45) is -2.85. The van der Waals surface area contributed by atoms with Crippen LogP contribution in [0.5, 0.6) is 0 Å². The van der Waals surface area contributed by atoms with Crippen LogP contribution in [0.15, 0.2) is 0 Å². The molecule has 2 saturated heterocycles. The Morgan fingerprint density at radius 2 is 1.83 bits per heavy atom. The first-order valence-electron chi connectivity index (χ1n) is 8.40. The van der Waals surface area contributed by atoms with Gasteiger partial charge in [-0.25, -0.2) is 0 Å². The van der Waals surface area contributed by atoms with Gasteiger partial charge in [0.25, 0.3) is 0 Å². The van der Waals surface area contributed by atoms with Gasteiger partial charge in [0, 0.05) is 6.42 Å². The molecule has 2 aliphatic heterocycles. The van der Waals surface area contributed by atoms with Gasteiger partial charge in [-0.1, -0.05) is 13.8 Å². The molecule has 4 N–H and O–H groups in total. The van der Waals surface area contributed by atoms with Crippen LogP contribution in [0.4, 0.5) is 0 Å². The van der Waals surface area contributed by atoms with Gasteiger partial charge in [-0.05, 0) is 25.7 Å². The monoisotopic (exact) mass is 334 g/mol. The van der Waals surface area contributed by atoms with Gasteiger partial charge >= 0.3 is 0 Å². The topological polar surface area (TPSA) is 109 Å². The maximum atomic E-state index is 9.89. The Morgan fingerprint density at radius 1 is 1.17 bits per heavy atom. The molecule has 0 amide bonds. The minimum Gasteiger partial charge on any atom is -0.394 e. The van der Waals surface area contributed by atoms with E-state index in [2.05, 4.69) is 6.92 Å². The molecule has 0 bridgehead atoms. The van der Waals surface area contributed by atoms with E-state index in [4.69, 9.17) is 14.2 Å². The molecular weight excluding hydrogens is 304 g/mol. The second-order valence-corrected chi connectivity index (χ2v) is 7.00. The first kappa shape index (κ1) is 19.1. The summed E-state index contributed by atoms with van der Waals surface area (Å²) in [5.74, 6) is 0.144. The quantitative estimate of drug-likeness (QED) is 0.551. The Bertz CT molecular complexity index is 379. The summed E-state index contributed by atoms with van der Waals surface area (Å²) in [7, 11) is 0. The van der Waals surface area contributed by atoms with Crippen molar-refractivity contribution in [2.75, 3.05) is 13.2 Å². The van der Waals surface area contributed by atoms with Crippen LogP contribution in [-0.4, -0.2) is 76.1 Å². The molecule has 2 aliphatic rings. The van der Waals surface area contributed by atoms with Crippen molar-refractivity contribution in [3.05, 3.63) is 0 Å². The van der Waals surface area contributed by atoms with Gasteiger partial charge in [0.15, 0.2) is 6.29 Å². The summed E-state index contributed by atoms with van der Waals surface area (Å²) in [4.78, 5) is 0. The molecule has 0 aromatic carbocycles. The summed E-state index contributed by atoms with van der Waals surface area (Å²) in [6.45, 7) is 5.57. The van der Waals surface area contributed by atoms with Gasteiger partial charge in [0.2, 0.25) is 0 Å². The van der Waals surface area contributed by atoms with Gasteiger partial charge in [0.1, 0.15) is 18.3 Å². The van der Waals surface area contributed by atoms with Crippen molar-refractivity contribution < 1.29 is 34.6 Å². The Kier molecular flexibility index (Phi) is 6.41. The first-order chi connectivity index (χ1) is 10.8.